The maximum absolute atomic E-state index is 13.8. The first-order valence-electron chi connectivity index (χ1n) is 14.4. The molecule has 2 heterocycles. The van der Waals surface area contributed by atoms with Crippen molar-refractivity contribution in [2.75, 3.05) is 0 Å². The third-order valence-electron chi connectivity index (χ3n) is 7.35. The van der Waals surface area contributed by atoms with E-state index in [1.165, 1.54) is 19.3 Å². The summed E-state index contributed by atoms with van der Waals surface area (Å²) in [6, 6.07) is 23.9. The highest BCUT2D eigenvalue weighted by molar-refractivity contribution is 5.47. The van der Waals surface area contributed by atoms with Crippen molar-refractivity contribution < 1.29 is 9.47 Å². The van der Waals surface area contributed by atoms with Gasteiger partial charge in [0.2, 0.25) is 11.8 Å². The number of imidazole rings is 1. The Bertz CT molecular complexity index is 1630. The van der Waals surface area contributed by atoms with Gasteiger partial charge < -0.3 is 14.8 Å². The molecule has 0 bridgehead atoms. The second kappa shape index (κ2) is 13.7. The van der Waals surface area contributed by atoms with E-state index in [9.17, 15) is 4.79 Å². The van der Waals surface area contributed by atoms with Gasteiger partial charge in [0.25, 0.3) is 0 Å². The van der Waals surface area contributed by atoms with Gasteiger partial charge >= 0.3 is 5.69 Å². The average Bonchev–Trinajstić information content (AvgIpc) is 3.26. The molecular formula is C34H38N4O3. The van der Waals surface area contributed by atoms with Gasteiger partial charge in [-0.1, -0.05) is 92.1 Å². The minimum atomic E-state index is -0.179. The Morgan fingerprint density at radius 1 is 0.878 bits per heavy atom. The minimum Gasteiger partial charge on any atom is -0.473 e. The molecule has 7 heteroatoms. The molecule has 212 valence electrons. The van der Waals surface area contributed by atoms with Crippen molar-refractivity contribution in [2.24, 2.45) is 7.05 Å². The third-order valence-corrected chi connectivity index (χ3v) is 7.35. The molecule has 1 fully saturated rings. The van der Waals surface area contributed by atoms with Crippen molar-refractivity contribution in [1.82, 2.24) is 19.4 Å². The van der Waals surface area contributed by atoms with Crippen LogP contribution in [0.2, 0.25) is 0 Å². The highest BCUT2D eigenvalue weighted by atomic mass is 16.5. The summed E-state index contributed by atoms with van der Waals surface area (Å²) in [4.78, 5) is 18.5. The van der Waals surface area contributed by atoms with Crippen molar-refractivity contribution in [3.63, 3.8) is 0 Å². The fraction of sp³-hybridized carbons (Fsp3) is 0.294. The van der Waals surface area contributed by atoms with Gasteiger partial charge in [-0.25, -0.2) is 4.79 Å². The van der Waals surface area contributed by atoms with E-state index in [2.05, 4.69) is 5.32 Å². The fourth-order valence-electron chi connectivity index (χ4n) is 5.09. The molecule has 0 radical (unpaired) electrons. The van der Waals surface area contributed by atoms with Crippen LogP contribution in [0, 0.1) is 0 Å². The zero-order valence-electron chi connectivity index (χ0n) is 23.8. The summed E-state index contributed by atoms with van der Waals surface area (Å²) in [7, 11) is 1.80. The summed E-state index contributed by atoms with van der Waals surface area (Å²) < 4.78 is 15.6. The number of hydrogen-bond acceptors (Lipinski definition) is 5. The van der Waals surface area contributed by atoms with Gasteiger partial charge in [-0.05, 0) is 43.0 Å². The maximum Gasteiger partial charge on any atom is 0.333 e. The van der Waals surface area contributed by atoms with Crippen LogP contribution >= 0.6 is 0 Å². The Hall–Kier alpha value is -4.52. The van der Waals surface area contributed by atoms with Crippen molar-refractivity contribution in [1.29, 1.82) is 0 Å². The molecule has 41 heavy (non-hydrogen) atoms. The van der Waals surface area contributed by atoms with Gasteiger partial charge in [-0.3, -0.25) is 9.13 Å². The van der Waals surface area contributed by atoms with E-state index < -0.39 is 0 Å². The predicted molar refractivity (Wildman–Crippen MR) is 163 cm³/mol. The largest absolute Gasteiger partial charge is 0.473 e. The van der Waals surface area contributed by atoms with Crippen LogP contribution in [0.25, 0.3) is 18.0 Å². The van der Waals surface area contributed by atoms with E-state index >= 15 is 0 Å². The highest BCUT2D eigenvalue weighted by Gasteiger charge is 2.18. The second-order valence-electron chi connectivity index (χ2n) is 10.3. The highest BCUT2D eigenvalue weighted by Crippen LogP contribution is 2.24. The molecular weight excluding hydrogens is 512 g/mol. The number of allylic oxidation sites excluding steroid dienone is 2. The van der Waals surface area contributed by atoms with Crippen molar-refractivity contribution in [3.8, 4) is 17.4 Å². The SMILES string of the molecule is C\C=C/C=c1\c(=C\NC2CCCCC2)n(C)c(=O)n1-c1ccc(OCc2ccccc2)nc1OCc1ccccc1. The predicted octanol–water partition coefficient (Wildman–Crippen LogP) is 4.75. The third kappa shape index (κ3) is 6.98. The molecule has 0 unspecified atom stereocenters. The first kappa shape index (κ1) is 28.0. The summed E-state index contributed by atoms with van der Waals surface area (Å²) in [5.74, 6) is 0.753. The lowest BCUT2D eigenvalue weighted by atomic mass is 9.96. The summed E-state index contributed by atoms with van der Waals surface area (Å²) in [5.41, 5.74) is 2.42. The molecule has 2 aromatic carbocycles. The minimum absolute atomic E-state index is 0.179. The number of nitrogens with zero attached hydrogens (tertiary/aromatic N) is 3. The van der Waals surface area contributed by atoms with Crippen LogP contribution in [-0.2, 0) is 20.3 Å². The zero-order valence-corrected chi connectivity index (χ0v) is 23.8. The Morgan fingerprint density at radius 2 is 1.54 bits per heavy atom. The summed E-state index contributed by atoms with van der Waals surface area (Å²) in [6.45, 7) is 2.64. The normalized spacial score (nSPS) is 15.0. The van der Waals surface area contributed by atoms with E-state index in [-0.39, 0.29) is 5.69 Å². The number of pyridine rings is 1. The standard InChI is InChI=1S/C34H38N4O3/c1-3-4-20-29-31(23-35-28-18-12-7-13-19-28)37(2)34(39)38(29)30-21-22-32(40-24-26-14-8-5-9-15-26)36-33(30)41-25-27-16-10-6-11-17-27/h3-6,8-11,14-17,20-23,28,35H,7,12-13,18-19,24-25H2,1-2H3/b4-3-,29-20+,31-23-. The van der Waals surface area contributed by atoms with E-state index in [0.717, 1.165) is 34.7 Å². The lowest BCUT2D eigenvalue weighted by Crippen LogP contribution is -2.37. The van der Waals surface area contributed by atoms with Gasteiger partial charge in [0.1, 0.15) is 18.9 Å². The Balaban J connectivity index is 1.56. The quantitative estimate of drug-likeness (QED) is 0.309. The number of nitrogens with one attached hydrogen (secondary N) is 1. The van der Waals surface area contributed by atoms with Crippen molar-refractivity contribution in [3.05, 3.63) is 117 Å². The first-order valence-corrected chi connectivity index (χ1v) is 14.4. The fourth-order valence-corrected chi connectivity index (χ4v) is 5.09. The van der Waals surface area contributed by atoms with Gasteiger partial charge in [-0.2, -0.15) is 4.98 Å². The molecule has 1 N–H and O–H groups in total. The topological polar surface area (TPSA) is 70.3 Å². The maximum atomic E-state index is 13.8. The van der Waals surface area contributed by atoms with E-state index in [1.807, 2.05) is 98.1 Å². The summed E-state index contributed by atoms with van der Waals surface area (Å²) in [5, 5.41) is 5.14. The van der Waals surface area contributed by atoms with E-state index in [0.29, 0.717) is 36.7 Å². The van der Waals surface area contributed by atoms with Crippen molar-refractivity contribution in [2.45, 2.75) is 58.3 Å². The molecule has 0 spiro atoms. The second-order valence-corrected chi connectivity index (χ2v) is 10.3. The van der Waals surface area contributed by atoms with Crippen LogP contribution in [0.4, 0.5) is 0 Å². The Morgan fingerprint density at radius 3 is 2.20 bits per heavy atom. The van der Waals surface area contributed by atoms with Crippen LogP contribution in [-0.4, -0.2) is 20.2 Å². The Labute approximate surface area is 241 Å². The molecule has 7 nitrogen and oxygen atoms in total. The molecule has 4 aromatic rings. The van der Waals surface area contributed by atoms with Crippen LogP contribution in [0.5, 0.6) is 11.8 Å². The molecule has 1 aliphatic rings. The van der Waals surface area contributed by atoms with Crippen molar-refractivity contribution >= 4 is 12.3 Å². The van der Waals surface area contributed by atoms with Crippen LogP contribution < -0.4 is 31.2 Å². The molecule has 0 aliphatic heterocycles. The molecule has 1 aliphatic carbocycles. The molecule has 5 rings (SSSR count). The Kier molecular flexibility index (Phi) is 9.37. The molecule has 2 aromatic heterocycles. The number of aromatic nitrogens is 3. The van der Waals surface area contributed by atoms with Gasteiger partial charge in [0, 0.05) is 25.4 Å². The summed E-state index contributed by atoms with van der Waals surface area (Å²) in [6.07, 6.45) is 13.9. The zero-order chi connectivity index (χ0) is 28.4. The van der Waals surface area contributed by atoms with E-state index in [4.69, 9.17) is 14.5 Å². The number of benzene rings is 2. The number of hydrogen-bond donors (Lipinski definition) is 1. The monoisotopic (exact) mass is 550 g/mol. The number of ether oxygens (including phenoxy) is 2. The van der Waals surface area contributed by atoms with Crippen LogP contribution in [0.1, 0.15) is 50.2 Å². The molecule has 0 amide bonds. The van der Waals surface area contributed by atoms with Gasteiger partial charge in [-0.15, -0.1) is 0 Å². The molecule has 1 saturated carbocycles. The van der Waals surface area contributed by atoms with E-state index in [1.54, 1.807) is 22.2 Å². The lowest BCUT2D eigenvalue weighted by molar-refractivity contribution is 0.267. The van der Waals surface area contributed by atoms with Crippen LogP contribution in [0.15, 0.2) is 89.7 Å². The number of rotatable bonds is 10. The molecule has 0 atom stereocenters. The lowest BCUT2D eigenvalue weighted by Gasteiger charge is -2.21. The van der Waals surface area contributed by atoms with Gasteiger partial charge in [0.15, 0.2) is 0 Å². The molecule has 0 saturated heterocycles. The first-order chi connectivity index (χ1) is 20.1. The van der Waals surface area contributed by atoms with Gasteiger partial charge in [0.05, 0.1) is 10.7 Å². The average molecular weight is 551 g/mol. The smallest absolute Gasteiger partial charge is 0.333 e. The summed E-state index contributed by atoms with van der Waals surface area (Å²) >= 11 is 0. The van der Waals surface area contributed by atoms with Crippen LogP contribution in [0.3, 0.4) is 0 Å².